The van der Waals surface area contributed by atoms with Crippen LogP contribution in [0.2, 0.25) is 0 Å². The van der Waals surface area contributed by atoms with Crippen LogP contribution in [0.1, 0.15) is 11.1 Å². The number of aromatic nitrogens is 1. The molecular formula is C17H15N3O. The van der Waals surface area contributed by atoms with E-state index < -0.39 is 0 Å². The quantitative estimate of drug-likeness (QED) is 0.567. The minimum absolute atomic E-state index is 0.200. The fourth-order valence-corrected chi connectivity index (χ4v) is 2.09. The predicted molar refractivity (Wildman–Crippen MR) is 85.8 cm³/mol. The normalized spacial score (nSPS) is 11.1. The highest BCUT2D eigenvalue weighted by atomic mass is 16.3. The summed E-state index contributed by atoms with van der Waals surface area (Å²) >= 11 is 0. The van der Waals surface area contributed by atoms with Crippen molar-refractivity contribution in [1.29, 1.82) is 0 Å². The number of nitrogens with one attached hydrogen (secondary N) is 1. The second-order valence-corrected chi connectivity index (χ2v) is 4.78. The Morgan fingerprint density at radius 3 is 2.71 bits per heavy atom. The van der Waals surface area contributed by atoms with E-state index >= 15 is 0 Å². The molecule has 1 aromatic heterocycles. The smallest absolute Gasteiger partial charge is 0.149 e. The maximum Gasteiger partial charge on any atom is 0.149 e. The zero-order chi connectivity index (χ0) is 14.7. The molecule has 104 valence electrons. The topological polar surface area (TPSA) is 57.5 Å². The number of hydrogen-bond donors (Lipinski definition) is 2. The first kappa shape index (κ1) is 13.1. The molecule has 0 atom stereocenters. The van der Waals surface area contributed by atoms with Gasteiger partial charge in [0.15, 0.2) is 0 Å². The number of hydrazone groups is 1. The van der Waals surface area contributed by atoms with E-state index in [1.165, 1.54) is 0 Å². The first-order valence-electron chi connectivity index (χ1n) is 6.67. The molecule has 0 unspecified atom stereocenters. The standard InChI is InChI=1S/C17H15N3O/c1-12-10-13-6-2-4-8-15(13)19-17(12)20-18-11-14-7-3-5-9-16(14)21/h2-11,21H,1H3,(H,19,20)/b18-11+. The van der Waals surface area contributed by atoms with Crippen molar-refractivity contribution in [2.45, 2.75) is 6.92 Å². The fourth-order valence-electron chi connectivity index (χ4n) is 2.09. The lowest BCUT2D eigenvalue weighted by atomic mass is 10.1. The number of nitrogens with zero attached hydrogens (tertiary/aromatic N) is 2. The Balaban J connectivity index is 1.85. The monoisotopic (exact) mass is 277 g/mol. The van der Waals surface area contributed by atoms with Gasteiger partial charge in [-0.3, -0.25) is 5.43 Å². The van der Waals surface area contributed by atoms with Gasteiger partial charge in [-0.1, -0.05) is 30.3 Å². The zero-order valence-electron chi connectivity index (χ0n) is 11.6. The molecule has 0 radical (unpaired) electrons. The van der Waals surface area contributed by atoms with Crippen molar-refractivity contribution in [2.24, 2.45) is 5.10 Å². The summed E-state index contributed by atoms with van der Waals surface area (Å²) in [6.07, 6.45) is 1.58. The number of aromatic hydroxyl groups is 1. The molecule has 0 amide bonds. The summed E-state index contributed by atoms with van der Waals surface area (Å²) in [4.78, 5) is 4.54. The van der Waals surface area contributed by atoms with Crippen molar-refractivity contribution in [1.82, 2.24) is 4.98 Å². The maximum atomic E-state index is 9.67. The van der Waals surface area contributed by atoms with Crippen LogP contribution in [0.4, 0.5) is 5.82 Å². The summed E-state index contributed by atoms with van der Waals surface area (Å²) in [6, 6.07) is 17.1. The Bertz CT molecular complexity index is 812. The van der Waals surface area contributed by atoms with Gasteiger partial charge in [-0.05, 0) is 36.8 Å². The Morgan fingerprint density at radius 2 is 1.86 bits per heavy atom. The van der Waals surface area contributed by atoms with Crippen LogP contribution in [-0.4, -0.2) is 16.3 Å². The molecule has 2 N–H and O–H groups in total. The highest BCUT2D eigenvalue weighted by Gasteiger charge is 2.02. The van der Waals surface area contributed by atoms with E-state index in [4.69, 9.17) is 0 Å². The van der Waals surface area contributed by atoms with E-state index in [9.17, 15) is 5.11 Å². The summed E-state index contributed by atoms with van der Waals surface area (Å²) in [7, 11) is 0. The number of hydrogen-bond acceptors (Lipinski definition) is 4. The van der Waals surface area contributed by atoms with Gasteiger partial charge < -0.3 is 5.11 Å². The Kier molecular flexibility index (Phi) is 3.51. The van der Waals surface area contributed by atoms with Gasteiger partial charge in [-0.2, -0.15) is 5.10 Å². The molecule has 0 spiro atoms. The molecule has 0 fully saturated rings. The molecule has 0 saturated heterocycles. The predicted octanol–water partition coefficient (Wildman–Crippen LogP) is 3.69. The maximum absolute atomic E-state index is 9.67. The molecule has 0 aliphatic heterocycles. The molecule has 0 saturated carbocycles. The van der Waals surface area contributed by atoms with E-state index in [0.717, 1.165) is 16.5 Å². The zero-order valence-corrected chi connectivity index (χ0v) is 11.6. The van der Waals surface area contributed by atoms with E-state index in [1.54, 1.807) is 24.4 Å². The number of pyridine rings is 1. The third kappa shape index (κ3) is 2.84. The number of rotatable bonds is 3. The highest BCUT2D eigenvalue weighted by Crippen LogP contribution is 2.19. The van der Waals surface area contributed by atoms with E-state index in [-0.39, 0.29) is 5.75 Å². The molecule has 4 heteroatoms. The van der Waals surface area contributed by atoms with E-state index in [2.05, 4.69) is 21.6 Å². The van der Waals surface area contributed by atoms with Gasteiger partial charge in [0, 0.05) is 10.9 Å². The highest BCUT2D eigenvalue weighted by molar-refractivity contribution is 5.84. The third-order valence-electron chi connectivity index (χ3n) is 3.23. The van der Waals surface area contributed by atoms with Gasteiger partial charge in [0.2, 0.25) is 0 Å². The van der Waals surface area contributed by atoms with Crippen molar-refractivity contribution in [3.05, 3.63) is 65.7 Å². The third-order valence-corrected chi connectivity index (χ3v) is 3.23. The minimum atomic E-state index is 0.200. The lowest BCUT2D eigenvalue weighted by Gasteiger charge is -2.06. The number of para-hydroxylation sites is 2. The molecular weight excluding hydrogens is 262 g/mol. The second-order valence-electron chi connectivity index (χ2n) is 4.78. The van der Waals surface area contributed by atoms with Gasteiger partial charge >= 0.3 is 0 Å². The molecule has 3 rings (SSSR count). The molecule has 0 aliphatic rings. The lowest BCUT2D eigenvalue weighted by Crippen LogP contribution is -1.97. The number of phenols is 1. The first-order chi connectivity index (χ1) is 10.2. The Morgan fingerprint density at radius 1 is 1.10 bits per heavy atom. The van der Waals surface area contributed by atoms with Gasteiger partial charge in [0.05, 0.1) is 11.7 Å². The van der Waals surface area contributed by atoms with Crippen LogP contribution in [0.15, 0.2) is 59.7 Å². The minimum Gasteiger partial charge on any atom is -0.507 e. The van der Waals surface area contributed by atoms with Crippen LogP contribution in [0.25, 0.3) is 10.9 Å². The summed E-state index contributed by atoms with van der Waals surface area (Å²) < 4.78 is 0. The van der Waals surface area contributed by atoms with Crippen molar-refractivity contribution in [3.8, 4) is 5.75 Å². The van der Waals surface area contributed by atoms with Gasteiger partial charge in [0.25, 0.3) is 0 Å². The van der Waals surface area contributed by atoms with Crippen LogP contribution in [0.5, 0.6) is 5.75 Å². The van der Waals surface area contributed by atoms with E-state index in [1.807, 2.05) is 37.3 Å². The van der Waals surface area contributed by atoms with E-state index in [0.29, 0.717) is 11.4 Å². The number of fused-ring (bicyclic) bond motifs is 1. The summed E-state index contributed by atoms with van der Waals surface area (Å²) in [6.45, 7) is 1.98. The average molecular weight is 277 g/mol. The fraction of sp³-hybridized carbons (Fsp3) is 0.0588. The Labute approximate surface area is 122 Å². The average Bonchev–Trinajstić information content (AvgIpc) is 2.49. The number of aryl methyl sites for hydroxylation is 1. The van der Waals surface area contributed by atoms with Gasteiger partial charge in [0.1, 0.15) is 11.6 Å². The largest absolute Gasteiger partial charge is 0.507 e. The SMILES string of the molecule is Cc1cc2ccccc2nc1N/N=C/c1ccccc1O. The number of phenolic OH excluding ortho intramolecular Hbond substituents is 1. The molecule has 2 aromatic carbocycles. The molecule has 3 aromatic rings. The summed E-state index contributed by atoms with van der Waals surface area (Å²) in [5.74, 6) is 0.909. The summed E-state index contributed by atoms with van der Waals surface area (Å²) in [5.41, 5.74) is 5.52. The Hall–Kier alpha value is -2.88. The van der Waals surface area contributed by atoms with Gasteiger partial charge in [-0.25, -0.2) is 4.98 Å². The van der Waals surface area contributed by atoms with Crippen molar-refractivity contribution < 1.29 is 5.11 Å². The molecule has 0 aliphatic carbocycles. The van der Waals surface area contributed by atoms with Crippen molar-refractivity contribution in [2.75, 3.05) is 5.43 Å². The summed E-state index contributed by atoms with van der Waals surface area (Å²) in [5, 5.41) is 14.9. The molecule has 21 heavy (non-hydrogen) atoms. The lowest BCUT2D eigenvalue weighted by molar-refractivity contribution is 0.474. The van der Waals surface area contributed by atoms with Crippen LogP contribution in [-0.2, 0) is 0 Å². The van der Waals surface area contributed by atoms with Crippen LogP contribution < -0.4 is 5.43 Å². The number of anilines is 1. The molecule has 1 heterocycles. The van der Waals surface area contributed by atoms with Crippen molar-refractivity contribution in [3.63, 3.8) is 0 Å². The molecule has 0 bridgehead atoms. The first-order valence-corrected chi connectivity index (χ1v) is 6.67. The van der Waals surface area contributed by atoms with Crippen LogP contribution in [0, 0.1) is 6.92 Å². The van der Waals surface area contributed by atoms with Crippen LogP contribution in [0.3, 0.4) is 0 Å². The van der Waals surface area contributed by atoms with Crippen molar-refractivity contribution >= 4 is 22.9 Å². The molecule has 4 nitrogen and oxygen atoms in total. The van der Waals surface area contributed by atoms with Crippen LogP contribution >= 0.6 is 0 Å². The second kappa shape index (κ2) is 5.63. The number of benzene rings is 2. The van der Waals surface area contributed by atoms with Gasteiger partial charge in [-0.15, -0.1) is 0 Å².